The van der Waals surface area contributed by atoms with Crippen molar-refractivity contribution in [1.29, 1.82) is 0 Å². The lowest BCUT2D eigenvalue weighted by Crippen LogP contribution is -2.41. The molecule has 0 spiro atoms. The van der Waals surface area contributed by atoms with Gasteiger partial charge in [-0.1, -0.05) is 18.2 Å². The van der Waals surface area contributed by atoms with Gasteiger partial charge in [-0.15, -0.1) is 0 Å². The Morgan fingerprint density at radius 2 is 1.92 bits per heavy atom. The molecule has 2 atom stereocenters. The van der Waals surface area contributed by atoms with Crippen LogP contribution in [-0.2, 0) is 19.9 Å². The quantitative estimate of drug-likeness (QED) is 0.825. The molecule has 0 amide bonds. The van der Waals surface area contributed by atoms with Crippen LogP contribution in [0.15, 0.2) is 41.6 Å². The van der Waals surface area contributed by atoms with E-state index in [1.807, 2.05) is 4.57 Å². The van der Waals surface area contributed by atoms with Crippen molar-refractivity contribution in [2.24, 2.45) is 0 Å². The topological polar surface area (TPSA) is 98.1 Å². The van der Waals surface area contributed by atoms with Crippen LogP contribution in [0.2, 0.25) is 0 Å². The Balaban J connectivity index is 1.67. The van der Waals surface area contributed by atoms with E-state index in [1.54, 1.807) is 37.5 Å². The standard InChI is InChI=1S/C17H21N3O4S2/c1-12-4-2-3-5-16(12)26(23,24)19-14-10-25(21,22)11-15(14)20-9-8-18-17(20)13-6-7-13/h2-5,8-9,13-15,19H,6-7,10-11H2,1H3/t14-,15+/m0/s1. The van der Waals surface area contributed by atoms with E-state index >= 15 is 0 Å². The molecule has 9 heteroatoms. The fourth-order valence-electron chi connectivity index (χ4n) is 3.60. The molecule has 1 saturated heterocycles. The number of sulfone groups is 1. The Morgan fingerprint density at radius 1 is 1.19 bits per heavy atom. The zero-order valence-corrected chi connectivity index (χ0v) is 16.0. The van der Waals surface area contributed by atoms with Crippen molar-refractivity contribution in [2.45, 2.75) is 42.7 Å². The number of hydrogen-bond donors (Lipinski definition) is 1. The van der Waals surface area contributed by atoms with Gasteiger partial charge < -0.3 is 4.57 Å². The Kier molecular flexibility index (Phi) is 4.20. The number of imidazole rings is 1. The van der Waals surface area contributed by atoms with Crippen LogP contribution in [0, 0.1) is 6.92 Å². The van der Waals surface area contributed by atoms with E-state index in [0.717, 1.165) is 18.7 Å². The van der Waals surface area contributed by atoms with E-state index in [0.29, 0.717) is 11.5 Å². The largest absolute Gasteiger partial charge is 0.329 e. The number of sulfonamides is 1. The van der Waals surface area contributed by atoms with Crippen LogP contribution in [0.1, 0.15) is 36.2 Å². The van der Waals surface area contributed by atoms with Crippen LogP contribution in [0.3, 0.4) is 0 Å². The molecule has 1 saturated carbocycles. The highest BCUT2D eigenvalue weighted by Crippen LogP contribution is 2.41. The molecular weight excluding hydrogens is 374 g/mol. The molecule has 7 nitrogen and oxygen atoms in total. The number of benzene rings is 1. The second-order valence-electron chi connectivity index (χ2n) is 7.10. The minimum atomic E-state index is -3.81. The average molecular weight is 396 g/mol. The lowest BCUT2D eigenvalue weighted by molar-refractivity contribution is 0.445. The van der Waals surface area contributed by atoms with Crippen molar-refractivity contribution in [1.82, 2.24) is 14.3 Å². The monoisotopic (exact) mass is 395 g/mol. The molecule has 2 aromatic rings. The van der Waals surface area contributed by atoms with Gasteiger partial charge in [-0.2, -0.15) is 0 Å². The SMILES string of the molecule is Cc1ccccc1S(=O)(=O)N[C@H]1CS(=O)(=O)C[C@H]1n1ccnc1C1CC1. The Labute approximate surface area is 153 Å². The molecule has 26 heavy (non-hydrogen) atoms. The molecule has 0 radical (unpaired) electrons. The van der Waals surface area contributed by atoms with Crippen LogP contribution in [0.25, 0.3) is 0 Å². The molecular formula is C17H21N3O4S2. The van der Waals surface area contributed by atoms with Gasteiger partial charge in [0.1, 0.15) is 5.82 Å². The fraction of sp³-hybridized carbons (Fsp3) is 0.471. The number of aryl methyl sites for hydroxylation is 1. The first kappa shape index (κ1) is 17.7. The van der Waals surface area contributed by atoms with Gasteiger partial charge in [0, 0.05) is 18.3 Å². The lowest BCUT2D eigenvalue weighted by Gasteiger charge is -2.23. The first-order valence-electron chi connectivity index (χ1n) is 8.58. The summed E-state index contributed by atoms with van der Waals surface area (Å²) in [6.45, 7) is 1.72. The summed E-state index contributed by atoms with van der Waals surface area (Å²) in [6.07, 6.45) is 5.49. The second-order valence-corrected chi connectivity index (χ2v) is 10.9. The van der Waals surface area contributed by atoms with E-state index in [-0.39, 0.29) is 16.4 Å². The molecule has 1 aliphatic heterocycles. The zero-order valence-electron chi connectivity index (χ0n) is 14.4. The van der Waals surface area contributed by atoms with Gasteiger partial charge in [0.25, 0.3) is 0 Å². The molecule has 0 unspecified atom stereocenters. The van der Waals surface area contributed by atoms with E-state index in [2.05, 4.69) is 9.71 Å². The third-order valence-electron chi connectivity index (χ3n) is 5.01. The third-order valence-corrected chi connectivity index (χ3v) is 8.38. The highest BCUT2D eigenvalue weighted by Gasteiger charge is 2.43. The Hall–Kier alpha value is -1.71. The van der Waals surface area contributed by atoms with E-state index in [9.17, 15) is 16.8 Å². The van der Waals surface area contributed by atoms with E-state index in [1.165, 1.54) is 6.07 Å². The predicted molar refractivity (Wildman–Crippen MR) is 97.2 cm³/mol. The molecule has 2 aliphatic rings. The molecule has 2 fully saturated rings. The minimum absolute atomic E-state index is 0.0793. The number of rotatable bonds is 5. The van der Waals surface area contributed by atoms with Crippen LogP contribution in [0.4, 0.5) is 0 Å². The van der Waals surface area contributed by atoms with Crippen molar-refractivity contribution in [3.63, 3.8) is 0 Å². The second kappa shape index (κ2) is 6.17. The van der Waals surface area contributed by atoms with E-state index < -0.39 is 31.9 Å². The van der Waals surface area contributed by atoms with Crippen LogP contribution in [0.5, 0.6) is 0 Å². The van der Waals surface area contributed by atoms with Crippen molar-refractivity contribution in [3.8, 4) is 0 Å². The smallest absolute Gasteiger partial charge is 0.241 e. The van der Waals surface area contributed by atoms with Crippen LogP contribution in [-0.4, -0.2) is 43.9 Å². The third kappa shape index (κ3) is 3.30. The first-order chi connectivity index (χ1) is 12.3. The molecule has 2 heterocycles. The van der Waals surface area contributed by atoms with Crippen LogP contribution < -0.4 is 4.72 Å². The first-order valence-corrected chi connectivity index (χ1v) is 11.9. The summed E-state index contributed by atoms with van der Waals surface area (Å²) in [5.74, 6) is 0.920. The van der Waals surface area contributed by atoms with E-state index in [4.69, 9.17) is 0 Å². The molecule has 140 valence electrons. The minimum Gasteiger partial charge on any atom is -0.329 e. The highest BCUT2D eigenvalue weighted by atomic mass is 32.2. The lowest BCUT2D eigenvalue weighted by atomic mass is 10.2. The normalized spacial score (nSPS) is 25.4. The molecule has 0 bridgehead atoms. The summed E-state index contributed by atoms with van der Waals surface area (Å²) in [7, 11) is -7.15. The highest BCUT2D eigenvalue weighted by molar-refractivity contribution is 7.92. The van der Waals surface area contributed by atoms with Gasteiger partial charge in [0.15, 0.2) is 9.84 Å². The van der Waals surface area contributed by atoms with Gasteiger partial charge >= 0.3 is 0 Å². The van der Waals surface area contributed by atoms with Gasteiger partial charge in [0.05, 0.1) is 28.5 Å². The maximum Gasteiger partial charge on any atom is 0.241 e. The molecule has 1 aliphatic carbocycles. The average Bonchev–Trinajstić information content (AvgIpc) is 3.20. The molecule has 1 N–H and O–H groups in total. The molecule has 1 aromatic heterocycles. The zero-order chi connectivity index (χ0) is 18.5. The van der Waals surface area contributed by atoms with Crippen LogP contribution >= 0.6 is 0 Å². The van der Waals surface area contributed by atoms with Gasteiger partial charge in [-0.3, -0.25) is 0 Å². The maximum atomic E-state index is 12.8. The van der Waals surface area contributed by atoms with Crippen molar-refractivity contribution in [3.05, 3.63) is 48.0 Å². The van der Waals surface area contributed by atoms with Crippen molar-refractivity contribution in [2.75, 3.05) is 11.5 Å². The van der Waals surface area contributed by atoms with Gasteiger partial charge in [-0.05, 0) is 31.4 Å². The number of hydrogen-bond acceptors (Lipinski definition) is 5. The Bertz CT molecular complexity index is 1040. The number of nitrogens with one attached hydrogen (secondary N) is 1. The predicted octanol–water partition coefficient (Wildman–Crippen LogP) is 1.39. The van der Waals surface area contributed by atoms with Gasteiger partial charge in [-0.25, -0.2) is 26.5 Å². The van der Waals surface area contributed by atoms with Crippen molar-refractivity contribution < 1.29 is 16.8 Å². The van der Waals surface area contributed by atoms with Gasteiger partial charge in [0.2, 0.25) is 10.0 Å². The summed E-state index contributed by atoms with van der Waals surface area (Å²) >= 11 is 0. The summed E-state index contributed by atoms with van der Waals surface area (Å²) in [4.78, 5) is 4.54. The summed E-state index contributed by atoms with van der Waals surface area (Å²) in [6, 6.07) is 5.49. The number of aromatic nitrogens is 2. The van der Waals surface area contributed by atoms with Crippen molar-refractivity contribution >= 4 is 19.9 Å². The molecule has 4 rings (SSSR count). The number of nitrogens with zero attached hydrogens (tertiary/aromatic N) is 2. The summed E-state index contributed by atoms with van der Waals surface area (Å²) in [5.41, 5.74) is 0.624. The maximum absolute atomic E-state index is 12.8. The summed E-state index contributed by atoms with van der Waals surface area (Å²) < 4.78 is 54.7. The summed E-state index contributed by atoms with van der Waals surface area (Å²) in [5, 5.41) is 0. The fourth-order valence-corrected chi connectivity index (χ4v) is 7.12. The molecule has 1 aromatic carbocycles. The Morgan fingerprint density at radius 3 is 2.62 bits per heavy atom.